The lowest BCUT2D eigenvalue weighted by molar-refractivity contribution is 0.837. The highest BCUT2D eigenvalue weighted by atomic mass is 32.1. The van der Waals surface area contributed by atoms with Crippen LogP contribution in [0.4, 0.5) is 5.13 Å². The molecule has 114 valence electrons. The fourth-order valence-corrected chi connectivity index (χ4v) is 3.56. The first-order chi connectivity index (χ1) is 11.4. The number of anilines is 1. The number of fused-ring (bicyclic) bond motifs is 1. The molecule has 0 amide bonds. The molecule has 1 heterocycles. The smallest absolute Gasteiger partial charge is 0.203 e. The van der Waals surface area contributed by atoms with Crippen molar-refractivity contribution in [3.63, 3.8) is 0 Å². The van der Waals surface area contributed by atoms with Crippen molar-refractivity contribution in [2.45, 2.75) is 19.3 Å². The molecule has 0 saturated heterocycles. The van der Waals surface area contributed by atoms with Gasteiger partial charge in [-0.25, -0.2) is 4.98 Å². The molecular formula is C19H17N3S. The zero-order valence-corrected chi connectivity index (χ0v) is 13.5. The van der Waals surface area contributed by atoms with E-state index < -0.39 is 0 Å². The molecule has 0 spiro atoms. The molecule has 0 fully saturated rings. The van der Waals surface area contributed by atoms with E-state index >= 15 is 0 Å². The van der Waals surface area contributed by atoms with Gasteiger partial charge in [0.05, 0.1) is 11.4 Å². The molecule has 0 radical (unpaired) electrons. The molecular weight excluding hydrogens is 302 g/mol. The van der Waals surface area contributed by atoms with Gasteiger partial charge in [0.15, 0.2) is 0 Å². The summed E-state index contributed by atoms with van der Waals surface area (Å²) in [5, 5.41) is 7.51. The number of aryl methyl sites for hydroxylation is 1. The highest BCUT2D eigenvalue weighted by Gasteiger charge is 2.14. The minimum absolute atomic E-state index is 0.833. The zero-order valence-electron chi connectivity index (χ0n) is 12.7. The van der Waals surface area contributed by atoms with Crippen molar-refractivity contribution in [2.75, 3.05) is 5.43 Å². The van der Waals surface area contributed by atoms with Gasteiger partial charge in [-0.15, -0.1) is 11.3 Å². The first kappa shape index (κ1) is 14.2. The molecule has 1 N–H and O–H groups in total. The Bertz CT molecular complexity index is 837. The van der Waals surface area contributed by atoms with Crippen LogP contribution in [0.2, 0.25) is 0 Å². The Morgan fingerprint density at radius 1 is 0.957 bits per heavy atom. The van der Waals surface area contributed by atoms with Crippen molar-refractivity contribution in [2.24, 2.45) is 5.10 Å². The third kappa shape index (κ3) is 3.03. The third-order valence-corrected chi connectivity index (χ3v) is 4.80. The van der Waals surface area contributed by atoms with E-state index in [1.54, 1.807) is 11.3 Å². The standard InChI is InChI=1S/C19H17N3S/c1-2-8-15(9-3-1)18-13-23-19(20-18)22-21-17-12-6-10-14-7-4-5-11-16(14)17/h1-5,7-9,11,13H,6,10,12H2,(H,20,22). The number of aromatic nitrogens is 1. The topological polar surface area (TPSA) is 37.3 Å². The highest BCUT2D eigenvalue weighted by molar-refractivity contribution is 7.14. The molecule has 4 rings (SSSR count). The fourth-order valence-electron chi connectivity index (χ4n) is 2.90. The van der Waals surface area contributed by atoms with Gasteiger partial charge in [0.1, 0.15) is 0 Å². The van der Waals surface area contributed by atoms with Crippen molar-refractivity contribution in [1.82, 2.24) is 4.98 Å². The van der Waals surface area contributed by atoms with Crippen LogP contribution in [0.15, 0.2) is 65.1 Å². The van der Waals surface area contributed by atoms with Gasteiger partial charge in [-0.3, -0.25) is 5.43 Å². The Labute approximate surface area is 139 Å². The molecule has 1 aliphatic rings. The van der Waals surface area contributed by atoms with E-state index in [0.717, 1.165) is 41.4 Å². The second kappa shape index (κ2) is 6.34. The predicted molar refractivity (Wildman–Crippen MR) is 97.1 cm³/mol. The van der Waals surface area contributed by atoms with Crippen LogP contribution in [0.5, 0.6) is 0 Å². The van der Waals surface area contributed by atoms with E-state index in [0.29, 0.717) is 0 Å². The molecule has 2 aromatic carbocycles. The second-order valence-corrected chi connectivity index (χ2v) is 6.44. The van der Waals surface area contributed by atoms with Gasteiger partial charge in [0.2, 0.25) is 5.13 Å². The fraction of sp³-hybridized carbons (Fsp3) is 0.158. The lowest BCUT2D eigenvalue weighted by Crippen LogP contribution is -2.13. The quantitative estimate of drug-likeness (QED) is 0.693. The summed E-state index contributed by atoms with van der Waals surface area (Å²) in [7, 11) is 0. The first-order valence-electron chi connectivity index (χ1n) is 7.82. The molecule has 0 aliphatic heterocycles. The molecule has 4 heteroatoms. The second-order valence-electron chi connectivity index (χ2n) is 5.58. The summed E-state index contributed by atoms with van der Waals surface area (Å²) < 4.78 is 0. The molecule has 23 heavy (non-hydrogen) atoms. The van der Waals surface area contributed by atoms with Crippen LogP contribution >= 0.6 is 11.3 Å². The van der Waals surface area contributed by atoms with Gasteiger partial charge in [-0.05, 0) is 24.8 Å². The van der Waals surface area contributed by atoms with Gasteiger partial charge >= 0.3 is 0 Å². The van der Waals surface area contributed by atoms with Gasteiger partial charge in [0, 0.05) is 16.5 Å². The summed E-state index contributed by atoms with van der Waals surface area (Å²) >= 11 is 1.58. The summed E-state index contributed by atoms with van der Waals surface area (Å²) in [6.07, 6.45) is 3.32. The summed E-state index contributed by atoms with van der Waals surface area (Å²) in [4.78, 5) is 4.62. The van der Waals surface area contributed by atoms with E-state index in [4.69, 9.17) is 0 Å². The molecule has 0 unspecified atom stereocenters. The zero-order chi connectivity index (χ0) is 15.5. The molecule has 0 bridgehead atoms. The average Bonchev–Trinajstić information content (AvgIpc) is 3.10. The Morgan fingerprint density at radius 2 is 1.78 bits per heavy atom. The normalized spacial score (nSPS) is 15.4. The maximum atomic E-state index is 4.62. The minimum Gasteiger partial charge on any atom is -0.252 e. The molecule has 1 aliphatic carbocycles. The number of hydrazone groups is 1. The van der Waals surface area contributed by atoms with Gasteiger partial charge in [0.25, 0.3) is 0 Å². The number of thiazole rings is 1. The van der Waals surface area contributed by atoms with E-state index in [2.05, 4.69) is 57.3 Å². The number of nitrogens with one attached hydrogen (secondary N) is 1. The monoisotopic (exact) mass is 319 g/mol. The van der Waals surface area contributed by atoms with Gasteiger partial charge < -0.3 is 0 Å². The molecule has 3 aromatic rings. The Balaban J connectivity index is 1.55. The van der Waals surface area contributed by atoms with Gasteiger partial charge in [-0.2, -0.15) is 5.10 Å². The number of benzene rings is 2. The SMILES string of the molecule is c1ccc(-c2csc(NN=C3CCCc4ccccc43)n2)cc1. The number of nitrogens with zero attached hydrogens (tertiary/aromatic N) is 2. The van der Waals surface area contributed by atoms with E-state index in [1.807, 2.05) is 18.2 Å². The Morgan fingerprint density at radius 3 is 2.70 bits per heavy atom. The molecule has 0 saturated carbocycles. The van der Waals surface area contributed by atoms with Crippen LogP contribution in [0.3, 0.4) is 0 Å². The Kier molecular flexibility index (Phi) is 3.90. The number of rotatable bonds is 3. The number of hydrogen-bond donors (Lipinski definition) is 1. The summed E-state index contributed by atoms with van der Waals surface area (Å²) in [6, 6.07) is 18.7. The van der Waals surface area contributed by atoms with Crippen LogP contribution in [-0.4, -0.2) is 10.7 Å². The molecule has 1 aromatic heterocycles. The predicted octanol–water partition coefficient (Wildman–Crippen LogP) is 4.96. The van der Waals surface area contributed by atoms with Crippen molar-refractivity contribution in [3.05, 3.63) is 71.1 Å². The summed E-state index contributed by atoms with van der Waals surface area (Å²) in [6.45, 7) is 0. The minimum atomic E-state index is 0.833. The van der Waals surface area contributed by atoms with Gasteiger partial charge in [-0.1, -0.05) is 54.6 Å². The highest BCUT2D eigenvalue weighted by Crippen LogP contribution is 2.26. The van der Waals surface area contributed by atoms with Crippen molar-refractivity contribution >= 4 is 22.2 Å². The maximum absolute atomic E-state index is 4.62. The molecule has 0 atom stereocenters. The van der Waals surface area contributed by atoms with Crippen LogP contribution in [0.25, 0.3) is 11.3 Å². The van der Waals surface area contributed by atoms with Crippen molar-refractivity contribution in [3.8, 4) is 11.3 Å². The van der Waals surface area contributed by atoms with Crippen molar-refractivity contribution in [1.29, 1.82) is 0 Å². The van der Waals surface area contributed by atoms with E-state index in [9.17, 15) is 0 Å². The summed E-state index contributed by atoms with van der Waals surface area (Å²) in [5.41, 5.74) is 9.05. The lowest BCUT2D eigenvalue weighted by Gasteiger charge is -2.17. The van der Waals surface area contributed by atoms with E-state index in [-0.39, 0.29) is 0 Å². The van der Waals surface area contributed by atoms with Crippen LogP contribution in [0.1, 0.15) is 24.0 Å². The van der Waals surface area contributed by atoms with Crippen molar-refractivity contribution < 1.29 is 0 Å². The van der Waals surface area contributed by atoms with Crippen LogP contribution < -0.4 is 5.43 Å². The third-order valence-electron chi connectivity index (χ3n) is 4.05. The van der Waals surface area contributed by atoms with E-state index in [1.165, 1.54) is 11.1 Å². The maximum Gasteiger partial charge on any atom is 0.203 e. The number of hydrogen-bond acceptors (Lipinski definition) is 4. The first-order valence-corrected chi connectivity index (χ1v) is 8.70. The van der Waals surface area contributed by atoms with Crippen LogP contribution in [0, 0.1) is 0 Å². The Hall–Kier alpha value is -2.46. The average molecular weight is 319 g/mol. The lowest BCUT2D eigenvalue weighted by atomic mass is 9.90. The summed E-state index contributed by atoms with van der Waals surface area (Å²) in [5.74, 6) is 0. The van der Waals surface area contributed by atoms with Crippen LogP contribution in [-0.2, 0) is 6.42 Å². The largest absolute Gasteiger partial charge is 0.252 e. The molecule has 3 nitrogen and oxygen atoms in total.